The summed E-state index contributed by atoms with van der Waals surface area (Å²) in [6.07, 6.45) is 1.05. The highest BCUT2D eigenvalue weighted by Crippen LogP contribution is 2.19. The maximum Gasteiger partial charge on any atom is 0.232 e. The SMILES string of the molecule is Cc1cc(NC(=O)C(C)c2ccc(CC(C)C)cc2)no1. The normalized spacial score (nSPS) is 12.4. The molecule has 0 aliphatic carbocycles. The summed E-state index contributed by atoms with van der Waals surface area (Å²) in [6, 6.07) is 9.95. The number of carbonyl (C=O) groups excluding carboxylic acids is 1. The lowest BCUT2D eigenvalue weighted by Crippen LogP contribution is -2.19. The first kappa shape index (κ1) is 15.3. The zero-order valence-corrected chi connectivity index (χ0v) is 13.0. The Morgan fingerprint density at radius 1 is 1.24 bits per heavy atom. The van der Waals surface area contributed by atoms with Gasteiger partial charge in [-0.05, 0) is 37.3 Å². The molecule has 1 aromatic carbocycles. The molecule has 0 fully saturated rings. The molecule has 2 rings (SSSR count). The first-order chi connectivity index (χ1) is 9.95. The lowest BCUT2D eigenvalue weighted by Gasteiger charge is -2.12. The highest BCUT2D eigenvalue weighted by atomic mass is 16.5. The van der Waals surface area contributed by atoms with E-state index in [9.17, 15) is 4.79 Å². The lowest BCUT2D eigenvalue weighted by atomic mass is 9.96. The van der Waals surface area contributed by atoms with Crippen molar-refractivity contribution in [2.24, 2.45) is 5.92 Å². The van der Waals surface area contributed by atoms with E-state index in [1.807, 2.05) is 19.1 Å². The molecular formula is C17H22N2O2. The van der Waals surface area contributed by atoms with Crippen LogP contribution in [0.15, 0.2) is 34.9 Å². The van der Waals surface area contributed by atoms with Gasteiger partial charge >= 0.3 is 0 Å². The van der Waals surface area contributed by atoms with Crippen molar-refractivity contribution in [3.05, 3.63) is 47.2 Å². The molecule has 0 saturated carbocycles. The van der Waals surface area contributed by atoms with Crippen molar-refractivity contribution in [3.8, 4) is 0 Å². The van der Waals surface area contributed by atoms with Crippen molar-refractivity contribution in [2.45, 2.75) is 40.0 Å². The summed E-state index contributed by atoms with van der Waals surface area (Å²) in [6.45, 7) is 8.08. The Morgan fingerprint density at radius 2 is 1.90 bits per heavy atom. The molecule has 1 aromatic heterocycles. The first-order valence-electron chi connectivity index (χ1n) is 7.28. The van der Waals surface area contributed by atoms with Crippen LogP contribution in [-0.2, 0) is 11.2 Å². The fourth-order valence-corrected chi connectivity index (χ4v) is 2.22. The molecular weight excluding hydrogens is 264 g/mol. The van der Waals surface area contributed by atoms with Crippen molar-refractivity contribution in [3.63, 3.8) is 0 Å². The van der Waals surface area contributed by atoms with Crippen molar-refractivity contribution in [1.29, 1.82) is 0 Å². The molecule has 4 heteroatoms. The van der Waals surface area contributed by atoms with Crippen molar-refractivity contribution in [2.75, 3.05) is 5.32 Å². The zero-order chi connectivity index (χ0) is 15.4. The monoisotopic (exact) mass is 286 g/mol. The van der Waals surface area contributed by atoms with Gasteiger partial charge in [-0.3, -0.25) is 4.79 Å². The average Bonchev–Trinajstić information content (AvgIpc) is 2.83. The first-order valence-corrected chi connectivity index (χ1v) is 7.28. The van der Waals surface area contributed by atoms with Gasteiger partial charge in [0.2, 0.25) is 5.91 Å². The number of hydrogen-bond acceptors (Lipinski definition) is 3. The van der Waals surface area contributed by atoms with Gasteiger partial charge in [-0.1, -0.05) is 43.3 Å². The summed E-state index contributed by atoms with van der Waals surface area (Å²) >= 11 is 0. The number of anilines is 1. The highest BCUT2D eigenvalue weighted by molar-refractivity contribution is 5.94. The maximum atomic E-state index is 12.2. The van der Waals surface area contributed by atoms with Crippen LogP contribution in [0.25, 0.3) is 0 Å². The second-order valence-corrected chi connectivity index (χ2v) is 5.87. The standard InChI is InChI=1S/C17H22N2O2/c1-11(2)9-14-5-7-15(8-6-14)13(4)17(20)18-16-10-12(3)21-19-16/h5-8,10-11,13H,9H2,1-4H3,(H,18,19,20). The molecule has 1 unspecified atom stereocenters. The minimum absolute atomic E-state index is 0.0834. The third-order valence-electron chi connectivity index (χ3n) is 3.40. The van der Waals surface area contributed by atoms with E-state index < -0.39 is 0 Å². The number of aromatic nitrogens is 1. The van der Waals surface area contributed by atoms with Gasteiger partial charge < -0.3 is 9.84 Å². The Labute approximate surface area is 125 Å². The summed E-state index contributed by atoms with van der Waals surface area (Å²) in [7, 11) is 0. The summed E-state index contributed by atoms with van der Waals surface area (Å²) in [4.78, 5) is 12.2. The predicted molar refractivity (Wildman–Crippen MR) is 83.3 cm³/mol. The Morgan fingerprint density at radius 3 is 2.43 bits per heavy atom. The van der Waals surface area contributed by atoms with Crippen molar-refractivity contribution in [1.82, 2.24) is 5.16 Å². The Balaban J connectivity index is 2.01. The number of hydrogen-bond donors (Lipinski definition) is 1. The van der Waals surface area contributed by atoms with Gasteiger partial charge in [0.15, 0.2) is 5.82 Å². The van der Waals surface area contributed by atoms with Crippen LogP contribution in [0.1, 0.15) is 43.6 Å². The smallest absolute Gasteiger partial charge is 0.232 e. The number of rotatable bonds is 5. The molecule has 21 heavy (non-hydrogen) atoms. The Kier molecular flexibility index (Phi) is 4.78. The van der Waals surface area contributed by atoms with E-state index >= 15 is 0 Å². The van der Waals surface area contributed by atoms with E-state index in [-0.39, 0.29) is 11.8 Å². The van der Waals surface area contributed by atoms with Gasteiger partial charge in [0.1, 0.15) is 5.76 Å². The third-order valence-corrected chi connectivity index (χ3v) is 3.40. The summed E-state index contributed by atoms with van der Waals surface area (Å²) in [5.41, 5.74) is 2.30. The number of carbonyl (C=O) groups is 1. The van der Waals surface area contributed by atoms with Crippen molar-refractivity contribution < 1.29 is 9.32 Å². The topological polar surface area (TPSA) is 55.1 Å². The second-order valence-electron chi connectivity index (χ2n) is 5.87. The quantitative estimate of drug-likeness (QED) is 0.906. The van der Waals surface area contributed by atoms with Crippen LogP contribution in [0.4, 0.5) is 5.82 Å². The lowest BCUT2D eigenvalue weighted by molar-refractivity contribution is -0.117. The van der Waals surface area contributed by atoms with Gasteiger partial charge in [-0.25, -0.2) is 0 Å². The molecule has 0 aliphatic rings. The molecule has 1 atom stereocenters. The molecule has 1 N–H and O–H groups in total. The molecule has 112 valence electrons. The molecule has 4 nitrogen and oxygen atoms in total. The second kappa shape index (κ2) is 6.57. The molecule has 0 bridgehead atoms. The fraction of sp³-hybridized carbons (Fsp3) is 0.412. The molecule has 0 spiro atoms. The zero-order valence-electron chi connectivity index (χ0n) is 13.0. The molecule has 0 saturated heterocycles. The maximum absolute atomic E-state index is 12.2. The average molecular weight is 286 g/mol. The fourth-order valence-electron chi connectivity index (χ4n) is 2.22. The van der Waals surface area contributed by atoms with Crippen LogP contribution in [-0.4, -0.2) is 11.1 Å². The van der Waals surface area contributed by atoms with Crippen LogP contribution in [0.5, 0.6) is 0 Å². The number of amides is 1. The minimum Gasteiger partial charge on any atom is -0.360 e. The largest absolute Gasteiger partial charge is 0.360 e. The van der Waals surface area contributed by atoms with E-state index in [1.54, 1.807) is 13.0 Å². The minimum atomic E-state index is -0.227. The molecule has 0 aliphatic heterocycles. The van der Waals surface area contributed by atoms with E-state index in [0.717, 1.165) is 12.0 Å². The Bertz CT molecular complexity index is 600. The van der Waals surface area contributed by atoms with Gasteiger partial charge in [-0.15, -0.1) is 0 Å². The van der Waals surface area contributed by atoms with Crippen LogP contribution in [0, 0.1) is 12.8 Å². The molecule has 1 amide bonds. The summed E-state index contributed by atoms with van der Waals surface area (Å²) < 4.78 is 4.94. The van der Waals surface area contributed by atoms with Crippen LogP contribution in [0.3, 0.4) is 0 Å². The predicted octanol–water partition coefficient (Wildman–Crippen LogP) is 3.92. The van der Waals surface area contributed by atoms with E-state index in [2.05, 4.69) is 36.5 Å². The number of nitrogens with one attached hydrogen (secondary N) is 1. The van der Waals surface area contributed by atoms with Gasteiger partial charge in [0.05, 0.1) is 5.92 Å². The molecule has 2 aromatic rings. The van der Waals surface area contributed by atoms with E-state index in [0.29, 0.717) is 17.5 Å². The van der Waals surface area contributed by atoms with Crippen LogP contribution in [0.2, 0.25) is 0 Å². The molecule has 1 heterocycles. The van der Waals surface area contributed by atoms with Gasteiger partial charge in [0.25, 0.3) is 0 Å². The molecule has 0 radical (unpaired) electrons. The van der Waals surface area contributed by atoms with Crippen LogP contribution >= 0.6 is 0 Å². The van der Waals surface area contributed by atoms with E-state index in [4.69, 9.17) is 4.52 Å². The Hall–Kier alpha value is -2.10. The van der Waals surface area contributed by atoms with Crippen molar-refractivity contribution >= 4 is 11.7 Å². The van der Waals surface area contributed by atoms with E-state index in [1.165, 1.54) is 5.56 Å². The van der Waals surface area contributed by atoms with Gasteiger partial charge in [-0.2, -0.15) is 0 Å². The summed E-state index contributed by atoms with van der Waals surface area (Å²) in [5, 5.41) is 6.54. The number of aryl methyl sites for hydroxylation is 1. The highest BCUT2D eigenvalue weighted by Gasteiger charge is 2.16. The summed E-state index contributed by atoms with van der Waals surface area (Å²) in [5.74, 6) is 1.46. The van der Waals surface area contributed by atoms with Crippen LogP contribution < -0.4 is 5.32 Å². The van der Waals surface area contributed by atoms with Gasteiger partial charge in [0, 0.05) is 6.07 Å². The number of nitrogens with zero attached hydrogens (tertiary/aromatic N) is 1. The third kappa shape index (κ3) is 4.18. The number of benzene rings is 1.